The lowest BCUT2D eigenvalue weighted by atomic mass is 10.2. The van der Waals surface area contributed by atoms with E-state index in [0.717, 1.165) is 51.3 Å². The predicted molar refractivity (Wildman–Crippen MR) is 87.6 cm³/mol. The summed E-state index contributed by atoms with van der Waals surface area (Å²) in [4.78, 5) is 16.3. The van der Waals surface area contributed by atoms with Crippen LogP contribution in [0.2, 0.25) is 0 Å². The maximum Gasteiger partial charge on any atom is 0.234 e. The smallest absolute Gasteiger partial charge is 0.234 e. The van der Waals surface area contributed by atoms with Gasteiger partial charge >= 0.3 is 0 Å². The lowest BCUT2D eigenvalue weighted by molar-refractivity contribution is -0.122. The Morgan fingerprint density at radius 2 is 1.82 bits per heavy atom. The van der Waals surface area contributed by atoms with Gasteiger partial charge in [-0.15, -0.1) is 0 Å². The Morgan fingerprint density at radius 1 is 1.14 bits per heavy atom. The summed E-state index contributed by atoms with van der Waals surface area (Å²) < 4.78 is 12.9. The molecule has 0 radical (unpaired) electrons. The third kappa shape index (κ3) is 5.30. The van der Waals surface area contributed by atoms with Crippen LogP contribution in [0, 0.1) is 5.82 Å². The van der Waals surface area contributed by atoms with Crippen molar-refractivity contribution >= 4 is 11.6 Å². The molecule has 22 heavy (non-hydrogen) atoms. The van der Waals surface area contributed by atoms with E-state index in [1.54, 1.807) is 0 Å². The monoisotopic (exact) mass is 307 g/mol. The Labute approximate surface area is 132 Å². The Bertz CT molecular complexity index is 455. The van der Waals surface area contributed by atoms with E-state index in [1.807, 2.05) is 12.1 Å². The van der Waals surface area contributed by atoms with E-state index in [-0.39, 0.29) is 11.7 Å². The number of anilines is 1. The molecule has 5 heteroatoms. The van der Waals surface area contributed by atoms with Crippen LogP contribution in [0.5, 0.6) is 0 Å². The zero-order chi connectivity index (χ0) is 15.8. The molecule has 0 aliphatic carbocycles. The van der Waals surface area contributed by atoms with Crippen molar-refractivity contribution in [3.05, 3.63) is 30.1 Å². The molecule has 0 aromatic heterocycles. The number of rotatable bonds is 7. The van der Waals surface area contributed by atoms with Crippen LogP contribution in [0.15, 0.2) is 24.3 Å². The topological polar surface area (TPSA) is 35.6 Å². The standard InChI is InChI=1S/C17H26FN3O/c1-2-3-4-9-19-17(22)14-20-10-12-21(13-11-20)16-7-5-15(18)6-8-16/h5-8H,2-4,9-14H2,1H3,(H,19,22). The normalized spacial score (nSPS) is 15.8. The molecular weight excluding hydrogens is 281 g/mol. The Morgan fingerprint density at radius 3 is 2.45 bits per heavy atom. The first-order chi connectivity index (χ1) is 10.7. The Kier molecular flexibility index (Phi) is 6.65. The number of unbranched alkanes of at least 4 members (excludes halogenated alkanes) is 2. The Hall–Kier alpha value is -1.62. The molecule has 0 spiro atoms. The number of nitrogens with one attached hydrogen (secondary N) is 1. The quantitative estimate of drug-likeness (QED) is 0.785. The fourth-order valence-electron chi connectivity index (χ4n) is 2.68. The van der Waals surface area contributed by atoms with Crippen molar-refractivity contribution in [3.8, 4) is 0 Å². The minimum Gasteiger partial charge on any atom is -0.369 e. The van der Waals surface area contributed by atoms with Crippen molar-refractivity contribution in [2.75, 3.05) is 44.2 Å². The molecule has 0 saturated carbocycles. The molecule has 1 aliphatic heterocycles. The van der Waals surface area contributed by atoms with Crippen LogP contribution in [-0.2, 0) is 4.79 Å². The molecular formula is C17H26FN3O. The summed E-state index contributed by atoms with van der Waals surface area (Å²) in [5, 5.41) is 2.98. The van der Waals surface area contributed by atoms with Crippen molar-refractivity contribution < 1.29 is 9.18 Å². The highest BCUT2D eigenvalue weighted by molar-refractivity contribution is 5.78. The molecule has 0 unspecified atom stereocenters. The third-order valence-corrected chi connectivity index (χ3v) is 4.03. The maximum atomic E-state index is 12.9. The second-order valence-corrected chi connectivity index (χ2v) is 5.80. The second-order valence-electron chi connectivity index (χ2n) is 5.80. The lowest BCUT2D eigenvalue weighted by Gasteiger charge is -2.35. The highest BCUT2D eigenvalue weighted by atomic mass is 19.1. The molecule has 1 aromatic rings. The van der Waals surface area contributed by atoms with E-state index >= 15 is 0 Å². The number of piperazine rings is 1. The summed E-state index contributed by atoms with van der Waals surface area (Å²) in [7, 11) is 0. The van der Waals surface area contributed by atoms with Gasteiger partial charge < -0.3 is 10.2 Å². The summed E-state index contributed by atoms with van der Waals surface area (Å²) in [5.41, 5.74) is 1.05. The van der Waals surface area contributed by atoms with Crippen LogP contribution in [0.1, 0.15) is 26.2 Å². The summed E-state index contributed by atoms with van der Waals surface area (Å²) in [6, 6.07) is 6.60. The van der Waals surface area contributed by atoms with E-state index in [0.29, 0.717) is 6.54 Å². The number of amides is 1. The third-order valence-electron chi connectivity index (χ3n) is 4.03. The van der Waals surface area contributed by atoms with E-state index in [2.05, 4.69) is 22.0 Å². The largest absolute Gasteiger partial charge is 0.369 e. The summed E-state index contributed by atoms with van der Waals surface area (Å²) in [5.74, 6) is -0.0894. The van der Waals surface area contributed by atoms with Gasteiger partial charge in [-0.3, -0.25) is 9.69 Å². The van der Waals surface area contributed by atoms with Gasteiger partial charge in [-0.25, -0.2) is 4.39 Å². The molecule has 1 amide bonds. The van der Waals surface area contributed by atoms with Crippen molar-refractivity contribution in [2.45, 2.75) is 26.2 Å². The average Bonchev–Trinajstić information content (AvgIpc) is 2.53. The molecule has 1 fully saturated rings. The fraction of sp³-hybridized carbons (Fsp3) is 0.588. The van der Waals surface area contributed by atoms with Crippen LogP contribution >= 0.6 is 0 Å². The minimum absolute atomic E-state index is 0.117. The molecule has 122 valence electrons. The van der Waals surface area contributed by atoms with Crippen LogP contribution < -0.4 is 10.2 Å². The van der Waals surface area contributed by atoms with Gasteiger partial charge in [-0.05, 0) is 30.7 Å². The molecule has 1 N–H and O–H groups in total. The van der Waals surface area contributed by atoms with Crippen LogP contribution in [0.25, 0.3) is 0 Å². The molecule has 1 aromatic carbocycles. The zero-order valence-corrected chi connectivity index (χ0v) is 13.4. The van der Waals surface area contributed by atoms with Crippen molar-refractivity contribution in [2.24, 2.45) is 0 Å². The van der Waals surface area contributed by atoms with E-state index in [9.17, 15) is 9.18 Å². The first kappa shape index (κ1) is 16.7. The van der Waals surface area contributed by atoms with E-state index < -0.39 is 0 Å². The zero-order valence-electron chi connectivity index (χ0n) is 13.4. The fourth-order valence-corrected chi connectivity index (χ4v) is 2.68. The average molecular weight is 307 g/mol. The lowest BCUT2D eigenvalue weighted by Crippen LogP contribution is -2.49. The van der Waals surface area contributed by atoms with Crippen LogP contribution in [0.4, 0.5) is 10.1 Å². The second kappa shape index (κ2) is 8.73. The maximum absolute atomic E-state index is 12.9. The van der Waals surface area contributed by atoms with Gasteiger partial charge in [0.1, 0.15) is 5.82 Å². The van der Waals surface area contributed by atoms with Crippen molar-refractivity contribution in [1.29, 1.82) is 0 Å². The van der Waals surface area contributed by atoms with Crippen molar-refractivity contribution in [3.63, 3.8) is 0 Å². The van der Waals surface area contributed by atoms with E-state index in [4.69, 9.17) is 0 Å². The molecule has 4 nitrogen and oxygen atoms in total. The van der Waals surface area contributed by atoms with Gasteiger partial charge in [-0.1, -0.05) is 19.8 Å². The van der Waals surface area contributed by atoms with Gasteiger partial charge in [0.2, 0.25) is 5.91 Å². The first-order valence-electron chi connectivity index (χ1n) is 8.18. The highest BCUT2D eigenvalue weighted by Crippen LogP contribution is 2.16. The number of benzene rings is 1. The number of hydrogen-bond acceptors (Lipinski definition) is 3. The van der Waals surface area contributed by atoms with E-state index in [1.165, 1.54) is 18.6 Å². The number of hydrogen-bond donors (Lipinski definition) is 1. The summed E-state index contributed by atoms with van der Waals surface area (Å²) in [6.45, 7) is 6.87. The van der Waals surface area contributed by atoms with Crippen molar-refractivity contribution in [1.82, 2.24) is 10.2 Å². The number of halogens is 1. The van der Waals surface area contributed by atoms with Crippen LogP contribution in [0.3, 0.4) is 0 Å². The molecule has 1 heterocycles. The van der Waals surface area contributed by atoms with Crippen LogP contribution in [-0.4, -0.2) is 50.1 Å². The number of carbonyl (C=O) groups excluding carboxylic acids is 1. The molecule has 1 saturated heterocycles. The van der Waals surface area contributed by atoms with Gasteiger partial charge in [0, 0.05) is 38.4 Å². The Balaban J connectivity index is 1.68. The molecule has 0 atom stereocenters. The van der Waals surface area contributed by atoms with Gasteiger partial charge in [0.05, 0.1) is 6.54 Å². The predicted octanol–water partition coefficient (Wildman–Crippen LogP) is 2.25. The molecule has 2 rings (SSSR count). The highest BCUT2D eigenvalue weighted by Gasteiger charge is 2.18. The summed E-state index contributed by atoms with van der Waals surface area (Å²) >= 11 is 0. The number of nitrogens with zero attached hydrogens (tertiary/aromatic N) is 2. The van der Waals surface area contributed by atoms with Gasteiger partial charge in [0.15, 0.2) is 0 Å². The minimum atomic E-state index is -0.206. The molecule has 0 bridgehead atoms. The SMILES string of the molecule is CCCCCNC(=O)CN1CCN(c2ccc(F)cc2)CC1. The van der Waals surface area contributed by atoms with Gasteiger partial charge in [0.25, 0.3) is 0 Å². The molecule has 1 aliphatic rings. The van der Waals surface area contributed by atoms with Gasteiger partial charge in [-0.2, -0.15) is 0 Å². The summed E-state index contributed by atoms with van der Waals surface area (Å²) in [6.07, 6.45) is 3.39. The number of carbonyl (C=O) groups is 1. The first-order valence-corrected chi connectivity index (χ1v) is 8.18.